The van der Waals surface area contributed by atoms with Crippen LogP contribution in [0.3, 0.4) is 0 Å². The molecule has 0 spiro atoms. The van der Waals surface area contributed by atoms with Crippen molar-refractivity contribution in [1.29, 1.82) is 0 Å². The first-order valence-corrected chi connectivity index (χ1v) is 10.6. The molecule has 1 heterocycles. The number of amides is 2. The summed E-state index contributed by atoms with van der Waals surface area (Å²) >= 11 is 0. The van der Waals surface area contributed by atoms with Crippen LogP contribution in [-0.2, 0) is 19.4 Å². The molecule has 8 heteroatoms. The molecule has 148 valence electrons. The second kappa shape index (κ2) is 8.10. The van der Waals surface area contributed by atoms with Crippen LogP contribution in [-0.4, -0.2) is 39.1 Å². The number of aryl methyl sites for hydroxylation is 1. The molecule has 1 unspecified atom stereocenters. The smallest absolute Gasteiger partial charge is 0.227 e. The molecule has 1 N–H and O–H groups in total. The van der Waals surface area contributed by atoms with Crippen LogP contribution < -0.4 is 10.2 Å². The minimum Gasteiger partial charge on any atom is -0.355 e. The summed E-state index contributed by atoms with van der Waals surface area (Å²) in [4.78, 5) is 26.0. The van der Waals surface area contributed by atoms with Crippen LogP contribution in [0.5, 0.6) is 0 Å². The molecule has 0 radical (unpaired) electrons. The Morgan fingerprint density at radius 1 is 1.21 bits per heavy atom. The second-order valence-corrected chi connectivity index (χ2v) is 8.89. The highest BCUT2D eigenvalue weighted by Crippen LogP contribution is 2.28. The lowest BCUT2D eigenvalue weighted by molar-refractivity contribution is -0.126. The predicted molar refractivity (Wildman–Crippen MR) is 103 cm³/mol. The van der Waals surface area contributed by atoms with Gasteiger partial charge in [0.05, 0.1) is 22.3 Å². The maximum Gasteiger partial charge on any atom is 0.227 e. The maximum absolute atomic E-state index is 14.1. The first kappa shape index (κ1) is 20.0. The molecule has 28 heavy (non-hydrogen) atoms. The van der Waals surface area contributed by atoms with Crippen molar-refractivity contribution >= 4 is 27.3 Å². The van der Waals surface area contributed by atoms with Crippen molar-refractivity contribution in [1.82, 2.24) is 5.32 Å². The van der Waals surface area contributed by atoms with Gasteiger partial charge in [-0.05, 0) is 36.8 Å². The molecule has 3 rings (SSSR count). The molecular weight excluding hydrogens is 383 g/mol. The maximum atomic E-state index is 14.1. The summed E-state index contributed by atoms with van der Waals surface area (Å²) < 4.78 is 38.6. The molecule has 0 aliphatic carbocycles. The molecule has 0 aromatic heterocycles. The summed E-state index contributed by atoms with van der Waals surface area (Å²) in [5, 5.41) is 2.58. The monoisotopic (exact) mass is 404 g/mol. The Morgan fingerprint density at radius 2 is 1.93 bits per heavy atom. The number of benzene rings is 2. The van der Waals surface area contributed by atoms with Gasteiger partial charge in [0.15, 0.2) is 9.84 Å². The minimum atomic E-state index is -3.50. The predicted octanol–water partition coefficient (Wildman–Crippen LogP) is 2.08. The summed E-state index contributed by atoms with van der Waals surface area (Å²) in [5.74, 6) is -2.14. The number of hydrogen-bond donors (Lipinski definition) is 1. The molecule has 1 saturated heterocycles. The van der Waals surface area contributed by atoms with Gasteiger partial charge >= 0.3 is 0 Å². The summed E-state index contributed by atoms with van der Waals surface area (Å²) in [5.41, 5.74) is 0.888. The Kier molecular flexibility index (Phi) is 5.79. The Labute approximate surface area is 163 Å². The zero-order chi connectivity index (χ0) is 20.3. The summed E-state index contributed by atoms with van der Waals surface area (Å²) in [7, 11) is -3.50. The fraction of sp³-hybridized carbons (Fsp3) is 0.300. The Hall–Kier alpha value is -2.74. The fourth-order valence-corrected chi connectivity index (χ4v) is 4.32. The number of hydrogen-bond acceptors (Lipinski definition) is 4. The van der Waals surface area contributed by atoms with E-state index in [1.807, 2.05) is 0 Å². The second-order valence-electron chi connectivity index (χ2n) is 6.78. The summed E-state index contributed by atoms with van der Waals surface area (Å²) in [6.45, 7) is 1.76. The Morgan fingerprint density at radius 3 is 2.61 bits per heavy atom. The van der Waals surface area contributed by atoms with Gasteiger partial charge < -0.3 is 10.2 Å². The third-order valence-corrected chi connectivity index (χ3v) is 6.39. The average molecular weight is 404 g/mol. The topological polar surface area (TPSA) is 83.6 Å². The number of anilines is 1. The third kappa shape index (κ3) is 4.39. The van der Waals surface area contributed by atoms with Crippen molar-refractivity contribution in [3.05, 3.63) is 59.9 Å². The molecule has 1 fully saturated rings. The molecule has 2 aromatic carbocycles. The van der Waals surface area contributed by atoms with Gasteiger partial charge in [-0.25, -0.2) is 12.8 Å². The largest absolute Gasteiger partial charge is 0.355 e. The number of rotatable bonds is 6. The van der Waals surface area contributed by atoms with E-state index in [0.29, 0.717) is 0 Å². The lowest BCUT2D eigenvalue weighted by Crippen LogP contribution is -2.35. The molecule has 0 saturated carbocycles. The Balaban J connectivity index is 1.58. The van der Waals surface area contributed by atoms with Crippen LogP contribution in [0, 0.1) is 18.7 Å². The van der Waals surface area contributed by atoms with Gasteiger partial charge in [0, 0.05) is 19.5 Å². The van der Waals surface area contributed by atoms with Gasteiger partial charge in [-0.2, -0.15) is 0 Å². The molecule has 1 aliphatic rings. The van der Waals surface area contributed by atoms with Gasteiger partial charge in [0.1, 0.15) is 5.82 Å². The average Bonchev–Trinajstić information content (AvgIpc) is 3.04. The van der Waals surface area contributed by atoms with E-state index in [1.165, 1.54) is 29.2 Å². The van der Waals surface area contributed by atoms with E-state index in [1.54, 1.807) is 31.2 Å². The van der Waals surface area contributed by atoms with Crippen LogP contribution in [0.15, 0.2) is 53.4 Å². The Bertz CT molecular complexity index is 993. The van der Waals surface area contributed by atoms with Crippen LogP contribution in [0.25, 0.3) is 0 Å². The van der Waals surface area contributed by atoms with Crippen LogP contribution >= 0.6 is 0 Å². The minimum absolute atomic E-state index is 0.0371. The van der Waals surface area contributed by atoms with Gasteiger partial charge in [0.25, 0.3) is 0 Å². The molecule has 1 aliphatic heterocycles. The first-order valence-electron chi connectivity index (χ1n) is 8.90. The number of nitrogens with zero attached hydrogens (tertiary/aromatic N) is 1. The molecule has 0 bridgehead atoms. The van der Waals surface area contributed by atoms with Crippen LogP contribution in [0.2, 0.25) is 0 Å². The van der Waals surface area contributed by atoms with Crippen molar-refractivity contribution in [2.75, 3.05) is 23.7 Å². The van der Waals surface area contributed by atoms with Crippen molar-refractivity contribution in [2.24, 2.45) is 5.92 Å². The fourth-order valence-electron chi connectivity index (χ4n) is 3.15. The zero-order valence-electron chi connectivity index (χ0n) is 15.4. The van der Waals surface area contributed by atoms with Gasteiger partial charge in [-0.1, -0.05) is 24.3 Å². The van der Waals surface area contributed by atoms with Gasteiger partial charge in [0.2, 0.25) is 11.8 Å². The number of sulfone groups is 1. The van der Waals surface area contributed by atoms with E-state index in [-0.39, 0.29) is 41.8 Å². The lowest BCUT2D eigenvalue weighted by atomic mass is 10.1. The van der Waals surface area contributed by atoms with Crippen LogP contribution in [0.1, 0.15) is 12.0 Å². The normalized spacial score (nSPS) is 17.0. The SMILES string of the molecule is Cc1ccc(N2CC(C(=O)NCCS(=O)(=O)c3ccccc3)CC2=O)c(F)c1. The third-order valence-electron chi connectivity index (χ3n) is 4.66. The van der Waals surface area contributed by atoms with Crippen molar-refractivity contribution in [3.63, 3.8) is 0 Å². The standard InChI is InChI=1S/C20H21FN2O4S/c1-14-7-8-18(17(21)11-14)23-13-15(12-19(23)24)20(25)22-9-10-28(26,27)16-5-3-2-4-6-16/h2-8,11,15H,9-10,12-13H2,1H3,(H,22,25). The summed E-state index contributed by atoms with van der Waals surface area (Å²) in [6, 6.07) is 12.6. The highest BCUT2D eigenvalue weighted by Gasteiger charge is 2.36. The van der Waals surface area contributed by atoms with Crippen molar-refractivity contribution < 1.29 is 22.4 Å². The van der Waals surface area contributed by atoms with Crippen LogP contribution in [0.4, 0.5) is 10.1 Å². The molecule has 1 atom stereocenters. The van der Waals surface area contributed by atoms with E-state index < -0.39 is 27.5 Å². The molecule has 2 amide bonds. The van der Waals surface area contributed by atoms with Crippen molar-refractivity contribution in [3.8, 4) is 0 Å². The van der Waals surface area contributed by atoms with E-state index in [4.69, 9.17) is 0 Å². The number of halogens is 1. The van der Waals surface area contributed by atoms with E-state index in [2.05, 4.69) is 5.32 Å². The molecule has 2 aromatic rings. The van der Waals surface area contributed by atoms with E-state index >= 15 is 0 Å². The zero-order valence-corrected chi connectivity index (χ0v) is 16.2. The lowest BCUT2D eigenvalue weighted by Gasteiger charge is -2.17. The van der Waals surface area contributed by atoms with Crippen molar-refractivity contribution in [2.45, 2.75) is 18.2 Å². The number of carbonyl (C=O) groups excluding carboxylic acids is 2. The molecular formula is C20H21FN2O4S. The first-order chi connectivity index (χ1) is 13.3. The molecule has 6 nitrogen and oxygen atoms in total. The van der Waals surface area contributed by atoms with Gasteiger partial charge in [-0.15, -0.1) is 0 Å². The van der Waals surface area contributed by atoms with E-state index in [0.717, 1.165) is 5.56 Å². The quantitative estimate of drug-likeness (QED) is 0.799. The highest BCUT2D eigenvalue weighted by atomic mass is 32.2. The number of carbonyl (C=O) groups is 2. The highest BCUT2D eigenvalue weighted by molar-refractivity contribution is 7.91. The number of nitrogens with one attached hydrogen (secondary N) is 1. The summed E-state index contributed by atoms with van der Waals surface area (Å²) in [6.07, 6.45) is -0.0371. The van der Waals surface area contributed by atoms with Gasteiger partial charge in [-0.3, -0.25) is 9.59 Å². The van der Waals surface area contributed by atoms with E-state index in [9.17, 15) is 22.4 Å².